The van der Waals surface area contributed by atoms with Gasteiger partial charge < -0.3 is 15.3 Å². The summed E-state index contributed by atoms with van der Waals surface area (Å²) in [5.74, 6) is 0. The van der Waals surface area contributed by atoms with Gasteiger partial charge in [0.25, 0.3) is 0 Å². The lowest BCUT2D eigenvalue weighted by Gasteiger charge is -2.24. The first-order chi connectivity index (χ1) is 8.72. The van der Waals surface area contributed by atoms with Crippen LogP contribution in [-0.4, -0.2) is 45.4 Å². The van der Waals surface area contributed by atoms with Gasteiger partial charge in [-0.2, -0.15) is 10.2 Å². The molecule has 2 amide bonds. The average molecular weight is 250 g/mol. The van der Waals surface area contributed by atoms with Gasteiger partial charge in [-0.05, 0) is 32.3 Å². The normalized spacial score (nSPS) is 19.0. The molecule has 0 aromatic carbocycles. The quantitative estimate of drug-likeness (QED) is 0.844. The Morgan fingerprint density at radius 3 is 3.22 bits per heavy atom. The number of hydrogen-bond donors (Lipinski definition) is 2. The van der Waals surface area contributed by atoms with Crippen molar-refractivity contribution in [2.45, 2.75) is 32.2 Å². The van der Waals surface area contributed by atoms with Crippen molar-refractivity contribution >= 4 is 11.7 Å². The number of carbonyl (C=O) groups excluding carboxylic acids is 1. The number of nitrogens with zero attached hydrogens (tertiary/aromatic N) is 3. The molecule has 98 valence electrons. The molecule has 1 aromatic rings. The second kappa shape index (κ2) is 5.77. The zero-order chi connectivity index (χ0) is 13.0. The highest BCUT2D eigenvalue weighted by Gasteiger charge is 2.28. The predicted octanol–water partition coefficient (Wildman–Crippen LogP) is 1.16. The van der Waals surface area contributed by atoms with Crippen LogP contribution in [0, 0.1) is 6.92 Å². The Hall–Kier alpha value is -1.69. The summed E-state index contributed by atoms with van der Waals surface area (Å²) in [6.45, 7) is 2.66. The fraction of sp³-hybridized carbons (Fsp3) is 0.583. The third-order valence-corrected chi connectivity index (χ3v) is 3.25. The van der Waals surface area contributed by atoms with Gasteiger partial charge >= 0.3 is 6.03 Å². The van der Waals surface area contributed by atoms with E-state index in [2.05, 4.69) is 15.5 Å². The molecule has 1 saturated heterocycles. The van der Waals surface area contributed by atoms with Gasteiger partial charge in [-0.15, -0.1) is 0 Å². The van der Waals surface area contributed by atoms with Crippen LogP contribution < -0.4 is 5.32 Å². The van der Waals surface area contributed by atoms with E-state index in [4.69, 9.17) is 5.11 Å². The second-order valence-electron chi connectivity index (χ2n) is 4.46. The van der Waals surface area contributed by atoms with Gasteiger partial charge in [-0.1, -0.05) is 0 Å². The van der Waals surface area contributed by atoms with E-state index in [9.17, 15) is 4.79 Å². The molecule has 18 heavy (non-hydrogen) atoms. The predicted molar refractivity (Wildman–Crippen MR) is 67.2 cm³/mol. The van der Waals surface area contributed by atoms with E-state index >= 15 is 0 Å². The summed E-state index contributed by atoms with van der Waals surface area (Å²) in [6.07, 6.45) is 4.14. The summed E-state index contributed by atoms with van der Waals surface area (Å²) in [5, 5.41) is 19.5. The van der Waals surface area contributed by atoms with Crippen LogP contribution in [0.15, 0.2) is 12.3 Å². The molecule has 0 radical (unpaired) electrons. The number of aromatic nitrogens is 2. The highest BCUT2D eigenvalue weighted by molar-refractivity contribution is 5.90. The van der Waals surface area contributed by atoms with Crippen LogP contribution in [0.2, 0.25) is 0 Å². The number of hydrogen-bond acceptors (Lipinski definition) is 4. The molecule has 2 heterocycles. The number of amides is 2. The van der Waals surface area contributed by atoms with Gasteiger partial charge in [0, 0.05) is 19.2 Å². The number of urea groups is 1. The maximum absolute atomic E-state index is 12.1. The van der Waals surface area contributed by atoms with Crippen molar-refractivity contribution in [1.82, 2.24) is 15.1 Å². The zero-order valence-corrected chi connectivity index (χ0v) is 10.5. The van der Waals surface area contributed by atoms with Crippen molar-refractivity contribution in [2.75, 3.05) is 18.5 Å². The van der Waals surface area contributed by atoms with Crippen LogP contribution in [0.1, 0.15) is 25.0 Å². The van der Waals surface area contributed by atoms with Crippen molar-refractivity contribution in [3.05, 3.63) is 18.0 Å². The Bertz CT molecular complexity index is 424. The molecule has 1 atom stereocenters. The van der Waals surface area contributed by atoms with Gasteiger partial charge in [-0.25, -0.2) is 4.79 Å². The van der Waals surface area contributed by atoms with Crippen LogP contribution in [-0.2, 0) is 0 Å². The number of aliphatic hydroxyl groups excluding tert-OH is 1. The van der Waals surface area contributed by atoms with E-state index in [1.807, 2.05) is 0 Å². The molecule has 0 aliphatic carbocycles. The smallest absolute Gasteiger partial charge is 0.322 e. The van der Waals surface area contributed by atoms with Crippen molar-refractivity contribution < 1.29 is 9.90 Å². The SMILES string of the molecule is Cc1nnccc1NC(=O)N1CCCC1CCO. The summed E-state index contributed by atoms with van der Waals surface area (Å²) < 4.78 is 0. The minimum Gasteiger partial charge on any atom is -0.396 e. The van der Waals surface area contributed by atoms with Crippen LogP contribution >= 0.6 is 0 Å². The standard InChI is InChI=1S/C12H18N4O2/c1-9-11(4-6-13-15-9)14-12(18)16-7-2-3-10(16)5-8-17/h4,6,10,17H,2-3,5,7-8H2,1H3,(H,13,14,18). The van der Waals surface area contributed by atoms with Gasteiger partial charge in [0.2, 0.25) is 0 Å². The molecule has 2 N–H and O–H groups in total. The summed E-state index contributed by atoms with van der Waals surface area (Å²) in [4.78, 5) is 13.9. The maximum Gasteiger partial charge on any atom is 0.322 e. The van der Waals surface area contributed by atoms with Crippen LogP contribution in [0.3, 0.4) is 0 Å². The summed E-state index contributed by atoms with van der Waals surface area (Å²) in [6, 6.07) is 1.75. The van der Waals surface area contributed by atoms with Gasteiger partial charge in [0.1, 0.15) is 0 Å². The highest BCUT2D eigenvalue weighted by atomic mass is 16.3. The van der Waals surface area contributed by atoms with E-state index < -0.39 is 0 Å². The van der Waals surface area contributed by atoms with Crippen LogP contribution in [0.5, 0.6) is 0 Å². The minimum absolute atomic E-state index is 0.115. The minimum atomic E-state index is -0.123. The Kier molecular flexibility index (Phi) is 4.09. The number of likely N-dealkylation sites (tertiary alicyclic amines) is 1. The fourth-order valence-electron chi connectivity index (χ4n) is 2.27. The molecule has 0 spiro atoms. The largest absolute Gasteiger partial charge is 0.396 e. The number of aryl methyl sites for hydroxylation is 1. The maximum atomic E-state index is 12.1. The lowest BCUT2D eigenvalue weighted by molar-refractivity contribution is 0.189. The van der Waals surface area contributed by atoms with Crippen molar-refractivity contribution in [1.29, 1.82) is 0 Å². The molecule has 1 fully saturated rings. The Morgan fingerprint density at radius 2 is 2.50 bits per heavy atom. The first kappa shape index (κ1) is 12.8. The third kappa shape index (κ3) is 2.76. The summed E-state index contributed by atoms with van der Waals surface area (Å²) >= 11 is 0. The monoisotopic (exact) mass is 250 g/mol. The van der Waals surface area contributed by atoms with E-state index in [-0.39, 0.29) is 18.7 Å². The van der Waals surface area contributed by atoms with E-state index in [1.165, 1.54) is 0 Å². The Morgan fingerprint density at radius 1 is 1.67 bits per heavy atom. The first-order valence-corrected chi connectivity index (χ1v) is 6.19. The first-order valence-electron chi connectivity index (χ1n) is 6.19. The van der Waals surface area contributed by atoms with E-state index in [0.29, 0.717) is 17.8 Å². The number of carbonyl (C=O) groups is 1. The molecular weight excluding hydrogens is 232 g/mol. The number of nitrogens with one attached hydrogen (secondary N) is 1. The number of aliphatic hydroxyl groups is 1. The van der Waals surface area contributed by atoms with Gasteiger partial charge in [-0.3, -0.25) is 0 Å². The second-order valence-corrected chi connectivity index (χ2v) is 4.46. The topological polar surface area (TPSA) is 78.4 Å². The molecule has 1 aliphatic heterocycles. The molecule has 1 aromatic heterocycles. The van der Waals surface area contributed by atoms with Crippen molar-refractivity contribution in [3.8, 4) is 0 Å². The van der Waals surface area contributed by atoms with Gasteiger partial charge in [0.15, 0.2) is 0 Å². The van der Waals surface area contributed by atoms with Crippen LogP contribution in [0.25, 0.3) is 0 Å². The van der Waals surface area contributed by atoms with E-state index in [0.717, 1.165) is 19.4 Å². The van der Waals surface area contributed by atoms with Gasteiger partial charge in [0.05, 0.1) is 17.6 Å². The molecular formula is C12H18N4O2. The van der Waals surface area contributed by atoms with E-state index in [1.54, 1.807) is 24.1 Å². The lowest BCUT2D eigenvalue weighted by Crippen LogP contribution is -2.39. The molecule has 0 saturated carbocycles. The van der Waals surface area contributed by atoms with Crippen LogP contribution in [0.4, 0.5) is 10.5 Å². The summed E-state index contributed by atoms with van der Waals surface area (Å²) in [5.41, 5.74) is 1.38. The highest BCUT2D eigenvalue weighted by Crippen LogP contribution is 2.21. The number of anilines is 1. The Balaban J connectivity index is 2.01. The lowest BCUT2D eigenvalue weighted by atomic mass is 10.1. The molecule has 1 unspecified atom stereocenters. The Labute approximate surface area is 106 Å². The third-order valence-electron chi connectivity index (χ3n) is 3.25. The summed E-state index contributed by atoms with van der Waals surface area (Å²) in [7, 11) is 0. The average Bonchev–Trinajstić information content (AvgIpc) is 2.81. The van der Waals surface area contributed by atoms with Crippen molar-refractivity contribution in [3.63, 3.8) is 0 Å². The molecule has 2 rings (SSSR count). The zero-order valence-electron chi connectivity index (χ0n) is 10.5. The molecule has 0 bridgehead atoms. The molecule has 6 nitrogen and oxygen atoms in total. The number of rotatable bonds is 3. The fourth-order valence-corrected chi connectivity index (χ4v) is 2.27. The van der Waals surface area contributed by atoms with Crippen molar-refractivity contribution in [2.24, 2.45) is 0 Å². The molecule has 1 aliphatic rings. The molecule has 6 heteroatoms.